The van der Waals surface area contributed by atoms with Crippen molar-refractivity contribution in [1.29, 1.82) is 10.8 Å². The first-order valence-electron chi connectivity index (χ1n) is 28.7. The zero-order valence-electron chi connectivity index (χ0n) is 47.1. The number of anilines is 2. The van der Waals surface area contributed by atoms with Gasteiger partial charge in [0.1, 0.15) is 36.2 Å². The Bertz CT molecular complexity index is 3240. The SMILES string of the molecule is CC[C@H](C=N)[C@@H](c1ccc(Cl)cc1)C(C(=O)C([C@H](c1ccc(Cl)cc1)[C@@H](C=N)CC)N1CCN(c2c(-c3ccccc3)cnc3[nH]nc(OC[C@@H](O)CO)c23)CC1)N1CCN(c2c(-c3ccccc3)cnc3[nH]nc(OC[C@@H](O)CO)c23)CC1. The molecule has 19 nitrogen and oxygen atoms in total. The number of benzene rings is 4. The number of nitrogens with zero attached hydrogens (tertiary/aromatic N) is 8. The number of H-pyrrole nitrogens is 2. The van der Waals surface area contributed by atoms with Crippen molar-refractivity contribution in [2.24, 2.45) is 11.8 Å². The number of hydrogen-bond donors (Lipinski definition) is 8. The van der Waals surface area contributed by atoms with Crippen molar-refractivity contribution >= 4 is 74.9 Å². The molecule has 4 aromatic carbocycles. The van der Waals surface area contributed by atoms with Crippen molar-refractivity contribution in [3.8, 4) is 34.0 Å². The molecule has 10 rings (SSSR count). The third-order valence-electron chi connectivity index (χ3n) is 16.6. The van der Waals surface area contributed by atoms with E-state index in [0.717, 1.165) is 44.8 Å². The van der Waals surface area contributed by atoms with Crippen molar-refractivity contribution in [1.82, 2.24) is 40.2 Å². The van der Waals surface area contributed by atoms with Crippen LogP contribution in [-0.2, 0) is 4.79 Å². The number of aliphatic hydroxyl groups excluding tert-OH is 4. The summed E-state index contributed by atoms with van der Waals surface area (Å²) in [5.74, 6) is -1.28. The van der Waals surface area contributed by atoms with Crippen LogP contribution < -0.4 is 19.3 Å². The van der Waals surface area contributed by atoms with Crippen LogP contribution in [0.15, 0.2) is 122 Å². The van der Waals surface area contributed by atoms with Gasteiger partial charge in [0.2, 0.25) is 11.8 Å². The van der Waals surface area contributed by atoms with Crippen LogP contribution in [0.1, 0.15) is 49.7 Å². The van der Waals surface area contributed by atoms with Gasteiger partial charge in [-0.25, -0.2) is 9.97 Å². The van der Waals surface area contributed by atoms with Crippen LogP contribution >= 0.6 is 23.2 Å². The Balaban J connectivity index is 1.08. The van der Waals surface area contributed by atoms with Crippen molar-refractivity contribution in [2.45, 2.75) is 62.8 Å². The Morgan fingerprint density at radius 1 is 0.583 bits per heavy atom. The molecular weight excluding hydrogens is 1110 g/mol. The number of aliphatic hydroxyl groups is 4. The summed E-state index contributed by atoms with van der Waals surface area (Å²) in [5, 5.41) is 75.6. The smallest absolute Gasteiger partial charge is 0.244 e. The average molecular weight is 1180 g/mol. The number of fused-ring (bicyclic) bond motifs is 2. The number of rotatable bonds is 26. The summed E-state index contributed by atoms with van der Waals surface area (Å²) in [4.78, 5) is 36.0. The van der Waals surface area contributed by atoms with E-state index < -0.39 is 49.3 Å². The molecule has 21 heteroatoms. The Labute approximate surface area is 498 Å². The predicted molar refractivity (Wildman–Crippen MR) is 329 cm³/mol. The maximum atomic E-state index is 17.3. The molecule has 2 fully saturated rings. The molecular formula is C63H72Cl2N12O7. The van der Waals surface area contributed by atoms with Crippen LogP contribution in [-0.4, -0.2) is 182 Å². The Hall–Kier alpha value is -7.33. The number of Topliss-reactive ketones (excluding diaryl/α,β-unsaturated/α-hetero) is 1. The van der Waals surface area contributed by atoms with E-state index in [4.69, 9.17) is 53.5 Å². The molecule has 0 spiro atoms. The molecule has 8 N–H and O–H groups in total. The van der Waals surface area contributed by atoms with Crippen LogP contribution in [0.2, 0.25) is 10.0 Å². The fraction of sp³-hybridized carbons (Fsp3) is 0.381. The molecule has 84 heavy (non-hydrogen) atoms. The van der Waals surface area contributed by atoms with Crippen LogP contribution in [0, 0.1) is 22.7 Å². The lowest BCUT2D eigenvalue weighted by molar-refractivity contribution is -0.132. The molecule has 2 unspecified atom stereocenters. The highest BCUT2D eigenvalue weighted by molar-refractivity contribution is 6.30. The molecule has 2 aliphatic rings. The Morgan fingerprint density at radius 3 is 1.29 bits per heavy atom. The van der Waals surface area contributed by atoms with Gasteiger partial charge in [0.25, 0.3) is 0 Å². The van der Waals surface area contributed by atoms with Gasteiger partial charge in [0.05, 0.1) is 36.7 Å². The van der Waals surface area contributed by atoms with Crippen molar-refractivity contribution < 1.29 is 34.7 Å². The van der Waals surface area contributed by atoms with Crippen LogP contribution in [0.3, 0.4) is 0 Å². The second-order valence-electron chi connectivity index (χ2n) is 21.5. The third-order valence-corrected chi connectivity index (χ3v) is 17.1. The van der Waals surface area contributed by atoms with Crippen LogP contribution in [0.5, 0.6) is 11.8 Å². The number of carbonyl (C=O) groups is 1. The molecule has 8 aromatic rings. The van der Waals surface area contributed by atoms with E-state index in [0.29, 0.717) is 97.3 Å². The number of ether oxygens (including phenoxy) is 2. The van der Waals surface area contributed by atoms with Gasteiger partial charge in [-0.15, -0.1) is 10.2 Å². The first-order chi connectivity index (χ1) is 41.0. The summed E-state index contributed by atoms with van der Waals surface area (Å²) in [6.45, 7) is 6.36. The molecule has 0 bridgehead atoms. The molecule has 6 heterocycles. The molecule has 0 aliphatic carbocycles. The summed E-state index contributed by atoms with van der Waals surface area (Å²) in [7, 11) is 0. The molecule has 0 amide bonds. The topological polar surface area (TPSA) is 260 Å². The monoisotopic (exact) mass is 1180 g/mol. The standard InChI is InChI=1S/C63H72Cl2N12O7/c1-3-39(31-66)51(43-15-19-45(64)20-16-43)57(76-27-23-74(24-28-76)55-49(41-11-7-5-8-12-41)33-68-60-53(55)62(72-70-60)83-37-47(80)35-78)59(82)58(52(40(4-2)32-67)44-17-21-46(65)22-18-44)77-29-25-75(26-30-77)56-50(42-13-9-6-10-14-42)34-69-61-54(56)63(73-71-61)84-38-48(81)36-79/h5-22,31-34,39-40,47-48,51-52,57-58,66-67,78-81H,3-4,23-30,35-38H2,1-2H3,(H,68,70,72)(H,69,71,73)/t39-,40-,47+,48+,51+,52+,57?,58?/m1/s1. The third kappa shape index (κ3) is 12.7. The first-order valence-corrected chi connectivity index (χ1v) is 29.5. The van der Waals surface area contributed by atoms with Gasteiger partial charge in [0, 0.05) is 110 Å². The van der Waals surface area contributed by atoms with Crippen molar-refractivity contribution in [3.63, 3.8) is 0 Å². The van der Waals surface area contributed by atoms with Gasteiger partial charge in [-0.1, -0.05) is 122 Å². The van der Waals surface area contributed by atoms with E-state index in [-0.39, 0.29) is 42.6 Å². The summed E-state index contributed by atoms with van der Waals surface area (Å²) in [6, 6.07) is 33.7. The highest BCUT2D eigenvalue weighted by Gasteiger charge is 2.48. The Morgan fingerprint density at radius 2 is 0.952 bits per heavy atom. The molecule has 440 valence electrons. The lowest BCUT2D eigenvalue weighted by Gasteiger charge is -2.49. The van der Waals surface area contributed by atoms with Gasteiger partial charge in [-0.2, -0.15) is 0 Å². The Kier molecular flexibility index (Phi) is 19.6. The largest absolute Gasteiger partial charge is 0.473 e. The van der Waals surface area contributed by atoms with Gasteiger partial charge >= 0.3 is 0 Å². The maximum absolute atomic E-state index is 17.3. The number of halogens is 2. The van der Waals surface area contributed by atoms with E-state index in [9.17, 15) is 20.4 Å². The highest BCUT2D eigenvalue weighted by Crippen LogP contribution is 2.45. The molecule has 2 aliphatic heterocycles. The first kappa shape index (κ1) is 59.8. The number of nitrogens with one attached hydrogen (secondary N) is 4. The molecule has 8 atom stereocenters. The van der Waals surface area contributed by atoms with E-state index in [1.54, 1.807) is 0 Å². The van der Waals surface area contributed by atoms with Gasteiger partial charge in [-0.3, -0.25) is 24.8 Å². The number of aromatic amines is 2. The van der Waals surface area contributed by atoms with Crippen LogP contribution in [0.25, 0.3) is 44.3 Å². The number of piperazine rings is 2. The van der Waals surface area contributed by atoms with E-state index in [1.807, 2.05) is 122 Å². The van der Waals surface area contributed by atoms with E-state index in [2.05, 4.69) is 53.8 Å². The second kappa shape index (κ2) is 27.6. The summed E-state index contributed by atoms with van der Waals surface area (Å²) >= 11 is 13.3. The lowest BCUT2D eigenvalue weighted by Crippen LogP contribution is -2.63. The van der Waals surface area contributed by atoms with E-state index >= 15 is 4.79 Å². The number of carbonyl (C=O) groups excluding carboxylic acids is 1. The quantitative estimate of drug-likeness (QED) is 0.0236. The fourth-order valence-electron chi connectivity index (χ4n) is 12.3. The summed E-state index contributed by atoms with van der Waals surface area (Å²) in [5.41, 5.74) is 7.92. The lowest BCUT2D eigenvalue weighted by atomic mass is 9.71. The summed E-state index contributed by atoms with van der Waals surface area (Å²) in [6.07, 6.45) is 5.52. The van der Waals surface area contributed by atoms with Crippen molar-refractivity contribution in [2.75, 3.05) is 88.6 Å². The highest BCUT2D eigenvalue weighted by atomic mass is 35.5. The van der Waals surface area contributed by atoms with E-state index in [1.165, 1.54) is 12.4 Å². The number of ketones is 1. The normalized spacial score (nSPS) is 17.3. The van der Waals surface area contributed by atoms with Crippen molar-refractivity contribution in [3.05, 3.63) is 143 Å². The molecule has 4 aromatic heterocycles. The predicted octanol–water partition coefficient (Wildman–Crippen LogP) is 8.50. The fourth-order valence-corrected chi connectivity index (χ4v) is 12.6. The van der Waals surface area contributed by atoms with Gasteiger partial charge in [0.15, 0.2) is 17.1 Å². The molecule has 0 saturated carbocycles. The zero-order chi connectivity index (χ0) is 58.9. The van der Waals surface area contributed by atoms with Crippen LogP contribution in [0.4, 0.5) is 11.4 Å². The number of pyridine rings is 2. The number of aromatic nitrogens is 6. The average Bonchev–Trinajstić information content (AvgIpc) is 2.35. The minimum absolute atomic E-state index is 0.0223. The minimum Gasteiger partial charge on any atom is -0.473 e. The minimum atomic E-state index is -1.13. The maximum Gasteiger partial charge on any atom is 0.244 e. The number of hydrogen-bond acceptors (Lipinski definition) is 17. The van der Waals surface area contributed by atoms with Gasteiger partial charge < -0.3 is 50.5 Å². The summed E-state index contributed by atoms with van der Waals surface area (Å²) < 4.78 is 12.2. The zero-order valence-corrected chi connectivity index (χ0v) is 48.6. The second-order valence-corrected chi connectivity index (χ2v) is 22.4. The molecule has 2 saturated heterocycles. The van der Waals surface area contributed by atoms with Gasteiger partial charge in [-0.05, 0) is 71.8 Å². The molecule has 0 radical (unpaired) electrons.